The maximum Gasteiger partial charge on any atom is 0.250 e. The molecule has 0 unspecified atom stereocenters. The van der Waals surface area contributed by atoms with Crippen molar-refractivity contribution in [2.75, 3.05) is 10.2 Å². The van der Waals surface area contributed by atoms with E-state index in [1.54, 1.807) is 18.2 Å². The summed E-state index contributed by atoms with van der Waals surface area (Å²) in [5.74, 6) is -4.38. The standard InChI is InChI=1S/C24H20ClN5O4S/c25-10-5-6-14-13(7-10)24(23(34)28-14)19-18(15(29-24)8-17(27)31)20(32)30(21(19)33)22-12(9-26)11-3-1-2-4-16(11)35-22/h5-7,15,18-19,29H,1-4,8H2,(H2,27,31)(H,28,34)/t15-,18+,19-,24-/m0/s1. The van der Waals surface area contributed by atoms with Gasteiger partial charge in [-0.15, -0.1) is 11.3 Å². The summed E-state index contributed by atoms with van der Waals surface area (Å²) in [6, 6.07) is 6.22. The molecule has 35 heavy (non-hydrogen) atoms. The lowest BCUT2D eigenvalue weighted by molar-refractivity contribution is -0.130. The fourth-order valence-corrected chi connectivity index (χ4v) is 7.71. The zero-order valence-electron chi connectivity index (χ0n) is 18.4. The molecule has 6 rings (SSSR count). The predicted molar refractivity (Wildman–Crippen MR) is 128 cm³/mol. The summed E-state index contributed by atoms with van der Waals surface area (Å²) < 4.78 is 0. The minimum absolute atomic E-state index is 0.231. The van der Waals surface area contributed by atoms with Crippen LogP contribution in [0.4, 0.5) is 10.7 Å². The highest BCUT2D eigenvalue weighted by Crippen LogP contribution is 2.55. The second kappa shape index (κ2) is 7.62. The Kier molecular flexibility index (Phi) is 4.84. The first-order valence-electron chi connectivity index (χ1n) is 11.4. The van der Waals surface area contributed by atoms with Gasteiger partial charge in [-0.25, -0.2) is 4.90 Å². The molecule has 4 N–H and O–H groups in total. The van der Waals surface area contributed by atoms with Crippen LogP contribution in [0, 0.1) is 23.2 Å². The van der Waals surface area contributed by atoms with Crippen molar-refractivity contribution in [1.82, 2.24) is 5.32 Å². The number of thiophene rings is 1. The van der Waals surface area contributed by atoms with Gasteiger partial charge in [-0.05, 0) is 49.4 Å². The third kappa shape index (κ3) is 2.89. The highest BCUT2D eigenvalue weighted by atomic mass is 35.5. The highest BCUT2D eigenvalue weighted by molar-refractivity contribution is 7.17. The minimum Gasteiger partial charge on any atom is -0.370 e. The molecule has 11 heteroatoms. The van der Waals surface area contributed by atoms with Gasteiger partial charge >= 0.3 is 0 Å². The molecule has 1 aromatic carbocycles. The maximum absolute atomic E-state index is 14.0. The topological polar surface area (TPSA) is 145 Å². The second-order valence-corrected chi connectivity index (χ2v) is 10.9. The van der Waals surface area contributed by atoms with E-state index in [4.69, 9.17) is 17.3 Å². The molecule has 3 aliphatic heterocycles. The molecule has 178 valence electrons. The first-order valence-corrected chi connectivity index (χ1v) is 12.6. The number of carbonyl (C=O) groups excluding carboxylic acids is 4. The van der Waals surface area contributed by atoms with Crippen molar-refractivity contribution in [3.8, 4) is 6.07 Å². The predicted octanol–water partition coefficient (Wildman–Crippen LogP) is 1.95. The van der Waals surface area contributed by atoms with Crippen LogP contribution in [0.2, 0.25) is 5.02 Å². The van der Waals surface area contributed by atoms with E-state index in [9.17, 15) is 24.4 Å². The highest BCUT2D eigenvalue weighted by Gasteiger charge is 2.71. The van der Waals surface area contributed by atoms with Crippen LogP contribution in [0.25, 0.3) is 0 Å². The summed E-state index contributed by atoms with van der Waals surface area (Å²) in [6.45, 7) is 0. The van der Waals surface area contributed by atoms with Gasteiger partial charge in [0.25, 0.3) is 0 Å². The van der Waals surface area contributed by atoms with Gasteiger partial charge in [-0.3, -0.25) is 24.5 Å². The molecular weight excluding hydrogens is 490 g/mol. The molecule has 4 amide bonds. The molecule has 1 aromatic heterocycles. The number of amides is 4. The van der Waals surface area contributed by atoms with Crippen molar-refractivity contribution < 1.29 is 19.2 Å². The monoisotopic (exact) mass is 509 g/mol. The fraction of sp³-hybridized carbons (Fsp3) is 0.375. The Labute approximate surface area is 209 Å². The van der Waals surface area contributed by atoms with Gasteiger partial charge < -0.3 is 11.1 Å². The van der Waals surface area contributed by atoms with Crippen LogP contribution in [0.1, 0.15) is 40.8 Å². The van der Waals surface area contributed by atoms with Crippen LogP contribution in [0.15, 0.2) is 18.2 Å². The van der Waals surface area contributed by atoms with Crippen LogP contribution in [-0.2, 0) is 37.6 Å². The van der Waals surface area contributed by atoms with E-state index >= 15 is 0 Å². The van der Waals surface area contributed by atoms with Crippen molar-refractivity contribution in [3.63, 3.8) is 0 Å². The number of fused-ring (bicyclic) bond motifs is 5. The zero-order chi connectivity index (χ0) is 24.6. The Morgan fingerprint density at radius 2 is 2.03 bits per heavy atom. The smallest absolute Gasteiger partial charge is 0.250 e. The molecule has 0 saturated carbocycles. The first kappa shape index (κ1) is 22.2. The number of hydrogen-bond acceptors (Lipinski definition) is 7. The average Bonchev–Trinajstić information content (AvgIpc) is 3.50. The number of nitriles is 1. The van der Waals surface area contributed by atoms with Gasteiger partial charge in [0.2, 0.25) is 23.6 Å². The second-order valence-electron chi connectivity index (χ2n) is 9.39. The number of nitrogens with zero attached hydrogens (tertiary/aromatic N) is 2. The Hall–Kier alpha value is -3.26. The molecule has 1 spiro atoms. The van der Waals surface area contributed by atoms with Gasteiger partial charge in [0.15, 0.2) is 0 Å². The Bertz CT molecular complexity index is 1400. The molecule has 0 radical (unpaired) electrons. The molecule has 1 aliphatic carbocycles. The van der Waals surface area contributed by atoms with Crippen LogP contribution in [0.5, 0.6) is 0 Å². The molecule has 4 heterocycles. The van der Waals surface area contributed by atoms with Crippen LogP contribution < -0.4 is 21.3 Å². The molecule has 4 atom stereocenters. The molecule has 9 nitrogen and oxygen atoms in total. The molecule has 4 aliphatic rings. The van der Waals surface area contributed by atoms with E-state index in [0.717, 1.165) is 41.0 Å². The Balaban J connectivity index is 1.53. The Morgan fingerprint density at radius 1 is 1.26 bits per heavy atom. The number of aryl methyl sites for hydroxylation is 1. The summed E-state index contributed by atoms with van der Waals surface area (Å²) in [5, 5.41) is 16.5. The minimum atomic E-state index is -1.59. The number of hydrogen-bond donors (Lipinski definition) is 3. The summed E-state index contributed by atoms with van der Waals surface area (Å²) in [7, 11) is 0. The summed E-state index contributed by atoms with van der Waals surface area (Å²) in [5.41, 5.74) is 6.07. The number of halogens is 1. The first-order chi connectivity index (χ1) is 16.8. The fourth-order valence-electron chi connectivity index (χ4n) is 6.19. The number of carbonyl (C=O) groups is 4. The quantitative estimate of drug-likeness (QED) is 0.539. The molecule has 2 fully saturated rings. The van der Waals surface area contributed by atoms with Crippen LogP contribution >= 0.6 is 22.9 Å². The van der Waals surface area contributed by atoms with Gasteiger partial charge in [0, 0.05) is 33.6 Å². The van der Waals surface area contributed by atoms with Gasteiger partial charge in [0.1, 0.15) is 16.6 Å². The summed E-state index contributed by atoms with van der Waals surface area (Å²) in [4.78, 5) is 55.3. The third-order valence-electron chi connectivity index (χ3n) is 7.57. The van der Waals surface area contributed by atoms with Gasteiger partial charge in [-0.1, -0.05) is 11.6 Å². The van der Waals surface area contributed by atoms with Crippen molar-refractivity contribution >= 4 is 57.3 Å². The van der Waals surface area contributed by atoms with Crippen LogP contribution in [-0.4, -0.2) is 29.7 Å². The number of nitrogens with one attached hydrogen (secondary N) is 2. The normalized spacial score (nSPS) is 28.6. The number of primary amides is 1. The third-order valence-corrected chi connectivity index (χ3v) is 9.08. The molecule has 2 saturated heterocycles. The number of nitrogens with two attached hydrogens (primary N) is 1. The van der Waals surface area contributed by atoms with Crippen molar-refractivity contribution in [1.29, 1.82) is 5.26 Å². The largest absolute Gasteiger partial charge is 0.370 e. The zero-order valence-corrected chi connectivity index (χ0v) is 20.0. The average molecular weight is 510 g/mol. The van der Waals surface area contributed by atoms with Crippen molar-refractivity contribution in [2.45, 2.75) is 43.7 Å². The number of imide groups is 1. The molecule has 2 aromatic rings. The van der Waals surface area contributed by atoms with Gasteiger partial charge in [-0.2, -0.15) is 5.26 Å². The lowest BCUT2D eigenvalue weighted by Crippen LogP contribution is -2.53. The molecular formula is C24H20ClN5O4S. The van der Waals surface area contributed by atoms with E-state index in [-0.39, 0.29) is 6.42 Å². The van der Waals surface area contributed by atoms with E-state index < -0.39 is 47.0 Å². The lowest BCUT2D eigenvalue weighted by Gasteiger charge is -2.29. The van der Waals surface area contributed by atoms with Crippen molar-refractivity contribution in [3.05, 3.63) is 44.8 Å². The van der Waals surface area contributed by atoms with E-state index in [2.05, 4.69) is 16.7 Å². The van der Waals surface area contributed by atoms with E-state index in [1.807, 2.05) is 0 Å². The lowest BCUT2D eigenvalue weighted by atomic mass is 9.76. The number of benzene rings is 1. The summed E-state index contributed by atoms with van der Waals surface area (Å²) >= 11 is 7.54. The number of rotatable bonds is 3. The SMILES string of the molecule is N#Cc1c(N2C(=O)[C@@H]3[C@H](CC(N)=O)N[C@]4(C(=O)Nc5ccc(Cl)cc54)[C@@H]3C2=O)sc2c1CCCC2. The van der Waals surface area contributed by atoms with E-state index in [1.165, 1.54) is 11.3 Å². The Morgan fingerprint density at radius 3 is 2.77 bits per heavy atom. The van der Waals surface area contributed by atoms with Gasteiger partial charge in [0.05, 0.1) is 17.4 Å². The summed E-state index contributed by atoms with van der Waals surface area (Å²) in [6.07, 6.45) is 3.21. The maximum atomic E-state index is 14.0. The number of anilines is 2. The van der Waals surface area contributed by atoms with Crippen molar-refractivity contribution in [2.24, 2.45) is 17.6 Å². The molecule has 0 bridgehead atoms. The van der Waals surface area contributed by atoms with Crippen LogP contribution in [0.3, 0.4) is 0 Å². The van der Waals surface area contributed by atoms with E-state index in [0.29, 0.717) is 26.8 Å².